The topological polar surface area (TPSA) is 35.5 Å². The summed E-state index contributed by atoms with van der Waals surface area (Å²) >= 11 is 0. The summed E-state index contributed by atoms with van der Waals surface area (Å²) in [6.45, 7) is 0.655. The number of alkyl halides is 6. The van der Waals surface area contributed by atoms with Crippen molar-refractivity contribution in [3.63, 3.8) is 0 Å². The quantitative estimate of drug-likeness (QED) is 0.567. The van der Waals surface area contributed by atoms with E-state index in [4.69, 9.17) is 0 Å². The molecule has 0 spiro atoms. The van der Waals surface area contributed by atoms with E-state index in [-0.39, 0.29) is 0 Å². The highest BCUT2D eigenvalue weighted by Crippen LogP contribution is 2.46. The molecule has 0 radical (unpaired) electrons. The summed E-state index contributed by atoms with van der Waals surface area (Å²) in [5, 5.41) is 0. The van der Waals surface area contributed by atoms with Crippen molar-refractivity contribution >= 4 is 5.97 Å². The Morgan fingerprint density at radius 1 is 1.00 bits per heavy atom. The maximum atomic E-state index is 13.5. The lowest BCUT2D eigenvalue weighted by Gasteiger charge is -2.31. The minimum atomic E-state index is -6.27. The van der Waals surface area contributed by atoms with Crippen LogP contribution >= 0.6 is 0 Å². The summed E-state index contributed by atoms with van der Waals surface area (Å²) in [4.78, 5) is 10.8. The fourth-order valence-corrected chi connectivity index (χ4v) is 0.883. The Morgan fingerprint density at radius 2 is 1.47 bits per heavy atom. The van der Waals surface area contributed by atoms with Gasteiger partial charge in [0.05, 0.1) is 6.61 Å². The number of carbonyl (C=O) groups excluding carboxylic acids is 1. The van der Waals surface area contributed by atoms with Crippen molar-refractivity contribution in [2.24, 2.45) is 0 Å². The molecule has 0 aliphatic rings. The highest BCUT2D eigenvalue weighted by molar-refractivity contribution is 5.79. The molecule has 1 unspecified atom stereocenters. The predicted molar refractivity (Wildman–Crippen MR) is 43.1 cm³/mol. The van der Waals surface area contributed by atoms with E-state index in [1.807, 2.05) is 0 Å². The molecule has 0 saturated heterocycles. The van der Waals surface area contributed by atoms with E-state index in [0.29, 0.717) is 0 Å². The van der Waals surface area contributed by atoms with Gasteiger partial charge in [0.15, 0.2) is 0 Å². The van der Waals surface area contributed by atoms with E-state index in [1.54, 1.807) is 0 Å². The minimum Gasteiger partial charge on any atom is -0.462 e. The summed E-state index contributed by atoms with van der Waals surface area (Å²) in [7, 11) is 0. The number of ether oxygens (including phenoxy) is 2. The van der Waals surface area contributed by atoms with Crippen LogP contribution in [0, 0.1) is 0 Å². The number of rotatable bonds is 5. The highest BCUT2D eigenvalue weighted by atomic mass is 19.4. The number of halogens is 6. The number of carbonyl (C=O) groups is 1. The van der Waals surface area contributed by atoms with Crippen LogP contribution in [0.3, 0.4) is 0 Å². The number of esters is 1. The summed E-state index contributed by atoms with van der Waals surface area (Å²) in [6.07, 6.45) is -6.27. The average Bonchev–Trinajstić information content (AvgIpc) is 2.16. The Balaban J connectivity index is 5.41. The van der Waals surface area contributed by atoms with E-state index < -0.39 is 37.1 Å². The highest BCUT2D eigenvalue weighted by Gasteiger charge is 2.77. The first-order valence-electron chi connectivity index (χ1n) is 4.49. The van der Waals surface area contributed by atoms with Gasteiger partial charge in [0, 0.05) is 6.61 Å². The van der Waals surface area contributed by atoms with E-state index in [9.17, 15) is 31.1 Å². The Labute approximate surface area is 92.7 Å². The smallest absolute Gasteiger partial charge is 0.460 e. The monoisotopic (exact) mass is 268 g/mol. The summed E-state index contributed by atoms with van der Waals surface area (Å²) in [5.74, 6) is -13.3. The molecule has 0 heterocycles. The molecular weight excluding hydrogens is 258 g/mol. The van der Waals surface area contributed by atoms with Crippen LogP contribution in [0.1, 0.15) is 13.8 Å². The molecule has 0 N–H and O–H groups in total. The van der Waals surface area contributed by atoms with E-state index in [0.717, 1.165) is 13.8 Å². The van der Waals surface area contributed by atoms with Gasteiger partial charge < -0.3 is 9.47 Å². The number of hydrogen-bond donors (Lipinski definition) is 0. The van der Waals surface area contributed by atoms with Crippen molar-refractivity contribution in [3.8, 4) is 0 Å². The third-order valence-electron chi connectivity index (χ3n) is 1.64. The van der Waals surface area contributed by atoms with Crippen molar-refractivity contribution < 1.29 is 40.6 Å². The van der Waals surface area contributed by atoms with Gasteiger partial charge in [-0.25, -0.2) is 4.79 Å². The van der Waals surface area contributed by atoms with Gasteiger partial charge in [0.1, 0.15) is 0 Å². The van der Waals surface area contributed by atoms with Crippen LogP contribution < -0.4 is 0 Å². The fraction of sp³-hybridized carbons (Fsp3) is 0.875. The van der Waals surface area contributed by atoms with Gasteiger partial charge in [0.2, 0.25) is 0 Å². The van der Waals surface area contributed by atoms with Crippen LogP contribution in [0.25, 0.3) is 0 Å². The summed E-state index contributed by atoms with van der Waals surface area (Å²) < 4.78 is 82.5. The SMILES string of the molecule is CCOC(=O)C(F)(OCC)C(F)(F)C(F)(F)F. The van der Waals surface area contributed by atoms with Crippen LogP contribution in [-0.2, 0) is 14.3 Å². The molecule has 1 atom stereocenters. The van der Waals surface area contributed by atoms with Gasteiger partial charge in [-0.05, 0) is 13.8 Å². The Morgan fingerprint density at radius 3 is 1.76 bits per heavy atom. The molecule has 0 aromatic heterocycles. The molecule has 9 heteroatoms. The van der Waals surface area contributed by atoms with Crippen molar-refractivity contribution in [2.45, 2.75) is 31.8 Å². The third-order valence-corrected chi connectivity index (χ3v) is 1.64. The Kier molecular flexibility index (Phi) is 4.81. The maximum absolute atomic E-state index is 13.5. The first kappa shape index (κ1) is 16.0. The fourth-order valence-electron chi connectivity index (χ4n) is 0.883. The third kappa shape index (κ3) is 2.82. The van der Waals surface area contributed by atoms with Gasteiger partial charge >= 0.3 is 23.9 Å². The largest absolute Gasteiger partial charge is 0.462 e. The molecule has 0 bridgehead atoms. The molecule has 0 aliphatic carbocycles. The normalized spacial score (nSPS) is 16.5. The van der Waals surface area contributed by atoms with Crippen LogP contribution in [-0.4, -0.2) is 37.1 Å². The van der Waals surface area contributed by atoms with E-state index in [1.165, 1.54) is 0 Å². The van der Waals surface area contributed by atoms with E-state index in [2.05, 4.69) is 9.47 Å². The lowest BCUT2D eigenvalue weighted by molar-refractivity contribution is -0.373. The molecule has 0 saturated carbocycles. The molecule has 17 heavy (non-hydrogen) atoms. The molecule has 102 valence electrons. The van der Waals surface area contributed by atoms with Gasteiger partial charge in [0.25, 0.3) is 0 Å². The molecule has 0 amide bonds. The lowest BCUT2D eigenvalue weighted by Crippen LogP contribution is -2.60. The molecule has 0 rings (SSSR count). The molecule has 3 nitrogen and oxygen atoms in total. The summed E-state index contributed by atoms with van der Waals surface area (Å²) in [6, 6.07) is 0. The Hall–Kier alpha value is -0.990. The zero-order chi connectivity index (χ0) is 13.9. The second-order valence-electron chi connectivity index (χ2n) is 2.82. The molecule has 0 aromatic rings. The van der Waals surface area contributed by atoms with Gasteiger partial charge in [-0.1, -0.05) is 0 Å². The predicted octanol–water partition coefficient (Wildman–Crippen LogP) is 2.45. The van der Waals surface area contributed by atoms with Crippen LogP contribution in [0.2, 0.25) is 0 Å². The minimum absolute atomic E-state index is 0.564. The standard InChI is InChI=1S/C8H10F6O3/c1-3-16-5(15)6(9,17-4-2)7(10,11)8(12,13)14/h3-4H2,1-2H3. The van der Waals surface area contributed by atoms with Crippen molar-refractivity contribution in [2.75, 3.05) is 13.2 Å². The number of hydrogen-bond acceptors (Lipinski definition) is 3. The van der Waals surface area contributed by atoms with Crippen molar-refractivity contribution in [1.29, 1.82) is 0 Å². The Bertz CT molecular complexity index is 277. The van der Waals surface area contributed by atoms with Gasteiger partial charge in [-0.2, -0.15) is 26.3 Å². The summed E-state index contributed by atoms with van der Waals surface area (Å²) in [5.41, 5.74) is 0. The van der Waals surface area contributed by atoms with Crippen molar-refractivity contribution in [3.05, 3.63) is 0 Å². The van der Waals surface area contributed by atoms with Gasteiger partial charge in [-0.3, -0.25) is 0 Å². The van der Waals surface area contributed by atoms with Crippen LogP contribution in [0.15, 0.2) is 0 Å². The van der Waals surface area contributed by atoms with Crippen LogP contribution in [0.4, 0.5) is 26.3 Å². The van der Waals surface area contributed by atoms with Crippen molar-refractivity contribution in [1.82, 2.24) is 0 Å². The zero-order valence-electron chi connectivity index (χ0n) is 8.91. The van der Waals surface area contributed by atoms with E-state index >= 15 is 0 Å². The average molecular weight is 268 g/mol. The molecule has 0 fully saturated rings. The second-order valence-corrected chi connectivity index (χ2v) is 2.82. The lowest BCUT2D eigenvalue weighted by atomic mass is 10.1. The van der Waals surface area contributed by atoms with Gasteiger partial charge in [-0.15, -0.1) is 0 Å². The first-order chi connectivity index (χ1) is 7.54. The zero-order valence-corrected chi connectivity index (χ0v) is 8.91. The first-order valence-corrected chi connectivity index (χ1v) is 4.49. The second kappa shape index (κ2) is 5.11. The molecule has 0 aliphatic heterocycles. The maximum Gasteiger partial charge on any atom is 0.460 e. The van der Waals surface area contributed by atoms with Crippen LogP contribution in [0.5, 0.6) is 0 Å². The molecular formula is C8H10F6O3. The molecule has 0 aromatic carbocycles.